The third kappa shape index (κ3) is 3.63. The van der Waals surface area contributed by atoms with Crippen molar-refractivity contribution in [3.05, 3.63) is 65.6 Å². The van der Waals surface area contributed by atoms with Gasteiger partial charge in [-0.3, -0.25) is 4.98 Å². The topological polar surface area (TPSA) is 12.9 Å². The quantitative estimate of drug-likeness (QED) is 0.481. The fourth-order valence-corrected chi connectivity index (χ4v) is 3.73. The van der Waals surface area contributed by atoms with Gasteiger partial charge in [0.05, 0.1) is 5.52 Å². The Hall–Kier alpha value is -2.22. The predicted octanol–water partition coefficient (Wildman–Crippen LogP) is 7.14. The fraction of sp³-hybridized carbons (Fsp3) is 0.400. The van der Waals surface area contributed by atoms with E-state index in [0.29, 0.717) is 11.8 Å². The van der Waals surface area contributed by atoms with Gasteiger partial charge in [0.15, 0.2) is 0 Å². The SMILES string of the molecule is C[C@H](Cc1c(C2CC2)nc2ccccc2c1-c1ccc(F)cc1)C(C)(C)C. The maximum Gasteiger partial charge on any atom is 0.123 e. The summed E-state index contributed by atoms with van der Waals surface area (Å²) in [7, 11) is 0. The standard InChI is InChI=1S/C25H28FN/c1-16(25(2,3)4)15-21-23(17-11-13-19(26)14-12-17)20-7-5-6-8-22(20)27-24(21)18-9-10-18/h5-8,11-14,16,18H,9-10,15H2,1-4H3/t16-/m1/s1. The Bertz CT molecular complexity index is 962. The van der Waals surface area contributed by atoms with E-state index in [4.69, 9.17) is 4.98 Å². The van der Waals surface area contributed by atoms with Crippen molar-refractivity contribution in [2.45, 2.75) is 52.9 Å². The van der Waals surface area contributed by atoms with E-state index in [1.165, 1.54) is 35.0 Å². The largest absolute Gasteiger partial charge is 0.252 e. The second-order valence-electron chi connectivity index (χ2n) is 9.12. The number of hydrogen-bond acceptors (Lipinski definition) is 1. The molecule has 0 aliphatic heterocycles. The van der Waals surface area contributed by atoms with Gasteiger partial charge in [0, 0.05) is 17.0 Å². The van der Waals surface area contributed by atoms with E-state index in [-0.39, 0.29) is 11.2 Å². The first-order valence-corrected chi connectivity index (χ1v) is 10.0. The molecule has 1 nitrogen and oxygen atoms in total. The van der Waals surface area contributed by atoms with Gasteiger partial charge in [-0.2, -0.15) is 0 Å². The Morgan fingerprint density at radius 3 is 2.33 bits per heavy atom. The van der Waals surface area contributed by atoms with Crippen LogP contribution in [0.5, 0.6) is 0 Å². The fourth-order valence-electron chi connectivity index (χ4n) is 3.73. The molecule has 1 heterocycles. The molecular formula is C25H28FN. The van der Waals surface area contributed by atoms with Crippen LogP contribution in [0.25, 0.3) is 22.0 Å². The van der Waals surface area contributed by atoms with Gasteiger partial charge < -0.3 is 0 Å². The van der Waals surface area contributed by atoms with Gasteiger partial charge in [-0.15, -0.1) is 0 Å². The van der Waals surface area contributed by atoms with Crippen LogP contribution in [-0.2, 0) is 6.42 Å². The Morgan fingerprint density at radius 2 is 1.70 bits per heavy atom. The van der Waals surface area contributed by atoms with Crippen LogP contribution in [0, 0.1) is 17.2 Å². The number of halogens is 1. The average molecular weight is 362 g/mol. The van der Waals surface area contributed by atoms with Crippen LogP contribution in [0.15, 0.2) is 48.5 Å². The van der Waals surface area contributed by atoms with E-state index in [1.54, 1.807) is 12.1 Å². The van der Waals surface area contributed by atoms with E-state index in [2.05, 4.69) is 52.0 Å². The maximum atomic E-state index is 13.6. The van der Waals surface area contributed by atoms with Gasteiger partial charge in [0.2, 0.25) is 0 Å². The second kappa shape index (κ2) is 6.74. The average Bonchev–Trinajstić information content (AvgIpc) is 3.46. The summed E-state index contributed by atoms with van der Waals surface area (Å²) in [4.78, 5) is 5.10. The van der Waals surface area contributed by atoms with Crippen molar-refractivity contribution in [2.24, 2.45) is 11.3 Å². The Balaban J connectivity index is 1.98. The number of para-hydroxylation sites is 1. The summed E-state index contributed by atoms with van der Waals surface area (Å²) in [6, 6.07) is 15.4. The zero-order chi connectivity index (χ0) is 19.2. The number of benzene rings is 2. The summed E-state index contributed by atoms with van der Waals surface area (Å²) in [6.45, 7) is 9.25. The molecule has 1 aromatic heterocycles. The highest BCUT2D eigenvalue weighted by Gasteiger charge is 2.32. The molecular weight excluding hydrogens is 333 g/mol. The first-order chi connectivity index (χ1) is 12.8. The zero-order valence-corrected chi connectivity index (χ0v) is 16.7. The van der Waals surface area contributed by atoms with E-state index >= 15 is 0 Å². The molecule has 3 aromatic rings. The summed E-state index contributed by atoms with van der Waals surface area (Å²) in [5, 5.41) is 1.17. The van der Waals surface area contributed by atoms with Gasteiger partial charge in [-0.25, -0.2) is 4.39 Å². The molecule has 1 atom stereocenters. The number of hydrogen-bond donors (Lipinski definition) is 0. The van der Waals surface area contributed by atoms with Gasteiger partial charge in [-0.05, 0) is 65.5 Å². The highest BCUT2D eigenvalue weighted by atomic mass is 19.1. The van der Waals surface area contributed by atoms with Crippen molar-refractivity contribution >= 4 is 10.9 Å². The first kappa shape index (κ1) is 18.2. The van der Waals surface area contributed by atoms with Crippen LogP contribution < -0.4 is 0 Å². The Morgan fingerprint density at radius 1 is 1.04 bits per heavy atom. The van der Waals surface area contributed by atoms with Crippen molar-refractivity contribution < 1.29 is 4.39 Å². The van der Waals surface area contributed by atoms with Gasteiger partial charge in [0.1, 0.15) is 5.82 Å². The smallest absolute Gasteiger partial charge is 0.123 e. The molecule has 2 heteroatoms. The lowest BCUT2D eigenvalue weighted by molar-refractivity contribution is 0.260. The zero-order valence-electron chi connectivity index (χ0n) is 16.7. The predicted molar refractivity (Wildman–Crippen MR) is 111 cm³/mol. The van der Waals surface area contributed by atoms with Crippen molar-refractivity contribution in [2.75, 3.05) is 0 Å². The Kier molecular flexibility index (Phi) is 4.53. The van der Waals surface area contributed by atoms with Gasteiger partial charge >= 0.3 is 0 Å². The molecule has 4 rings (SSSR count). The van der Waals surface area contributed by atoms with Crippen LogP contribution in [0.3, 0.4) is 0 Å². The van der Waals surface area contributed by atoms with Crippen molar-refractivity contribution in [3.8, 4) is 11.1 Å². The minimum Gasteiger partial charge on any atom is -0.252 e. The summed E-state index contributed by atoms with van der Waals surface area (Å²) >= 11 is 0. The van der Waals surface area contributed by atoms with E-state index < -0.39 is 0 Å². The van der Waals surface area contributed by atoms with Crippen LogP contribution in [-0.4, -0.2) is 4.98 Å². The molecule has 1 saturated carbocycles. The molecule has 0 N–H and O–H groups in total. The summed E-state index contributed by atoms with van der Waals surface area (Å²) in [5.74, 6) is 0.914. The molecule has 0 unspecified atom stereocenters. The molecule has 2 aromatic carbocycles. The van der Waals surface area contributed by atoms with E-state index in [1.807, 2.05) is 12.1 Å². The molecule has 1 aliphatic carbocycles. The summed E-state index contributed by atoms with van der Waals surface area (Å²) in [5.41, 5.74) is 6.25. The molecule has 0 spiro atoms. The minimum absolute atomic E-state index is 0.191. The van der Waals surface area contributed by atoms with Crippen LogP contribution in [0.4, 0.5) is 4.39 Å². The normalized spacial score (nSPS) is 15.9. The van der Waals surface area contributed by atoms with Crippen molar-refractivity contribution in [1.29, 1.82) is 0 Å². The summed E-state index contributed by atoms with van der Waals surface area (Å²) in [6.07, 6.45) is 3.45. The van der Waals surface area contributed by atoms with E-state index in [0.717, 1.165) is 17.5 Å². The molecule has 1 fully saturated rings. The maximum absolute atomic E-state index is 13.6. The highest BCUT2D eigenvalue weighted by molar-refractivity contribution is 5.96. The van der Waals surface area contributed by atoms with Crippen LogP contribution in [0.2, 0.25) is 0 Å². The van der Waals surface area contributed by atoms with Gasteiger partial charge in [0.25, 0.3) is 0 Å². The third-order valence-corrected chi connectivity index (χ3v) is 6.11. The van der Waals surface area contributed by atoms with Crippen LogP contribution in [0.1, 0.15) is 57.7 Å². The molecule has 1 aliphatic rings. The summed E-state index contributed by atoms with van der Waals surface area (Å²) < 4.78 is 13.6. The molecule has 0 amide bonds. The monoisotopic (exact) mass is 361 g/mol. The first-order valence-electron chi connectivity index (χ1n) is 10.0. The highest BCUT2D eigenvalue weighted by Crippen LogP contribution is 2.46. The Labute approximate surface area is 161 Å². The lowest BCUT2D eigenvalue weighted by atomic mass is 9.76. The molecule has 0 saturated heterocycles. The number of nitrogens with zero attached hydrogens (tertiary/aromatic N) is 1. The van der Waals surface area contributed by atoms with Crippen molar-refractivity contribution in [1.82, 2.24) is 4.98 Å². The second-order valence-corrected chi connectivity index (χ2v) is 9.12. The number of fused-ring (bicyclic) bond motifs is 1. The lowest BCUT2D eigenvalue weighted by Crippen LogP contribution is -2.20. The van der Waals surface area contributed by atoms with Crippen molar-refractivity contribution in [3.63, 3.8) is 0 Å². The lowest BCUT2D eigenvalue weighted by Gasteiger charge is -2.29. The number of aromatic nitrogens is 1. The van der Waals surface area contributed by atoms with Gasteiger partial charge in [-0.1, -0.05) is 58.0 Å². The molecule has 27 heavy (non-hydrogen) atoms. The third-order valence-electron chi connectivity index (χ3n) is 6.11. The number of pyridine rings is 1. The molecule has 0 bridgehead atoms. The molecule has 140 valence electrons. The number of rotatable bonds is 4. The molecule has 0 radical (unpaired) electrons. The minimum atomic E-state index is -0.191. The van der Waals surface area contributed by atoms with Crippen LogP contribution >= 0.6 is 0 Å². The van der Waals surface area contributed by atoms with E-state index in [9.17, 15) is 4.39 Å².